The van der Waals surface area contributed by atoms with Crippen LogP contribution in [-0.4, -0.2) is 11.6 Å². The van der Waals surface area contributed by atoms with E-state index in [0.29, 0.717) is 29.8 Å². The van der Waals surface area contributed by atoms with Gasteiger partial charge in [-0.25, -0.2) is 4.98 Å². The molecule has 0 aliphatic heterocycles. The third-order valence-electron chi connectivity index (χ3n) is 2.44. The molecule has 15 heavy (non-hydrogen) atoms. The molecule has 78 valence electrons. The monoisotopic (exact) mass is 203 g/mol. The lowest BCUT2D eigenvalue weighted by molar-refractivity contribution is 0.323. The number of nitrogens with zero attached hydrogens (tertiary/aromatic N) is 2. The zero-order valence-electron chi connectivity index (χ0n) is 8.66. The van der Waals surface area contributed by atoms with Crippen LogP contribution >= 0.6 is 0 Å². The van der Waals surface area contributed by atoms with Gasteiger partial charge in [-0.15, -0.1) is 0 Å². The van der Waals surface area contributed by atoms with Crippen LogP contribution in [0.3, 0.4) is 0 Å². The molecule has 0 atom stereocenters. The standard InChI is InChI=1S/C11H13N3O/c1-2-15-11-10(7-3-4-7)9(13)5-8(6-12)14-11/h5,7H,2-4H2,1H3,(H2,13,14). The fraction of sp³-hybridized carbons (Fsp3) is 0.455. The molecule has 0 saturated heterocycles. The molecule has 0 unspecified atom stereocenters. The Bertz CT molecular complexity index is 419. The van der Waals surface area contributed by atoms with Crippen LogP contribution < -0.4 is 10.5 Å². The van der Waals surface area contributed by atoms with Crippen molar-refractivity contribution in [2.75, 3.05) is 12.3 Å². The minimum absolute atomic E-state index is 0.320. The first kappa shape index (κ1) is 9.78. The van der Waals surface area contributed by atoms with E-state index in [4.69, 9.17) is 15.7 Å². The summed E-state index contributed by atoms with van der Waals surface area (Å²) in [5.41, 5.74) is 7.83. The lowest BCUT2D eigenvalue weighted by Crippen LogP contribution is -2.04. The Morgan fingerprint density at radius 3 is 2.93 bits per heavy atom. The molecule has 0 radical (unpaired) electrons. The van der Waals surface area contributed by atoms with Gasteiger partial charge in [0.2, 0.25) is 5.88 Å². The molecule has 1 aliphatic rings. The Morgan fingerprint density at radius 2 is 2.40 bits per heavy atom. The molecule has 2 N–H and O–H groups in total. The third-order valence-corrected chi connectivity index (χ3v) is 2.44. The summed E-state index contributed by atoms with van der Waals surface area (Å²) in [6.07, 6.45) is 2.27. The molecule has 4 heteroatoms. The van der Waals surface area contributed by atoms with Crippen molar-refractivity contribution in [3.8, 4) is 11.9 Å². The maximum atomic E-state index is 8.78. The minimum atomic E-state index is 0.320. The number of rotatable bonds is 3. The summed E-state index contributed by atoms with van der Waals surface area (Å²) in [7, 11) is 0. The lowest BCUT2D eigenvalue weighted by atomic mass is 10.1. The molecule has 1 aromatic heterocycles. The predicted molar refractivity (Wildman–Crippen MR) is 56.5 cm³/mol. The molecular formula is C11H13N3O. The summed E-state index contributed by atoms with van der Waals surface area (Å²) >= 11 is 0. The van der Waals surface area contributed by atoms with Crippen LogP contribution in [0.1, 0.15) is 36.9 Å². The normalized spacial score (nSPS) is 14.7. The fourth-order valence-electron chi connectivity index (χ4n) is 1.64. The highest BCUT2D eigenvalue weighted by atomic mass is 16.5. The van der Waals surface area contributed by atoms with Gasteiger partial charge >= 0.3 is 0 Å². The summed E-state index contributed by atoms with van der Waals surface area (Å²) in [5.74, 6) is 1.02. The maximum absolute atomic E-state index is 8.78. The Labute approximate surface area is 88.7 Å². The Hall–Kier alpha value is -1.76. The van der Waals surface area contributed by atoms with Crippen molar-refractivity contribution in [2.45, 2.75) is 25.7 Å². The van der Waals surface area contributed by atoms with Crippen LogP contribution in [-0.2, 0) is 0 Å². The van der Waals surface area contributed by atoms with Crippen molar-refractivity contribution >= 4 is 5.69 Å². The summed E-state index contributed by atoms with van der Waals surface area (Å²) in [4.78, 5) is 4.14. The summed E-state index contributed by atoms with van der Waals surface area (Å²) in [5, 5.41) is 8.78. The highest BCUT2D eigenvalue weighted by molar-refractivity contribution is 5.57. The van der Waals surface area contributed by atoms with Gasteiger partial charge in [-0.2, -0.15) is 5.26 Å². The maximum Gasteiger partial charge on any atom is 0.220 e. The van der Waals surface area contributed by atoms with E-state index >= 15 is 0 Å². The molecule has 1 saturated carbocycles. The van der Waals surface area contributed by atoms with Gasteiger partial charge in [-0.3, -0.25) is 0 Å². The Morgan fingerprint density at radius 1 is 1.67 bits per heavy atom. The second-order valence-corrected chi connectivity index (χ2v) is 3.63. The topological polar surface area (TPSA) is 71.9 Å². The molecule has 0 spiro atoms. The van der Waals surface area contributed by atoms with Crippen LogP contribution in [0.4, 0.5) is 5.69 Å². The molecule has 1 fully saturated rings. The van der Waals surface area contributed by atoms with Crippen molar-refractivity contribution in [1.82, 2.24) is 4.98 Å². The van der Waals surface area contributed by atoms with E-state index in [9.17, 15) is 0 Å². The van der Waals surface area contributed by atoms with Crippen LogP contribution in [0.5, 0.6) is 5.88 Å². The fourth-order valence-corrected chi connectivity index (χ4v) is 1.64. The predicted octanol–water partition coefficient (Wildman–Crippen LogP) is 1.81. The third kappa shape index (κ3) is 1.86. The minimum Gasteiger partial charge on any atom is -0.478 e. The first-order valence-electron chi connectivity index (χ1n) is 5.09. The van der Waals surface area contributed by atoms with Crippen molar-refractivity contribution in [3.63, 3.8) is 0 Å². The zero-order chi connectivity index (χ0) is 10.8. The quantitative estimate of drug-likeness (QED) is 0.813. The van der Waals surface area contributed by atoms with Crippen LogP contribution in [0, 0.1) is 11.3 Å². The van der Waals surface area contributed by atoms with E-state index in [1.165, 1.54) is 0 Å². The Kier molecular flexibility index (Phi) is 2.46. The number of ether oxygens (including phenoxy) is 1. The van der Waals surface area contributed by atoms with Crippen molar-refractivity contribution in [3.05, 3.63) is 17.3 Å². The van der Waals surface area contributed by atoms with Gasteiger partial charge in [0.05, 0.1) is 6.61 Å². The number of nitriles is 1. The SMILES string of the molecule is CCOc1nc(C#N)cc(N)c1C1CC1. The smallest absolute Gasteiger partial charge is 0.220 e. The Balaban J connectivity index is 2.46. The van der Waals surface area contributed by atoms with Crippen molar-refractivity contribution in [1.29, 1.82) is 5.26 Å². The summed E-state index contributed by atoms with van der Waals surface area (Å²) in [6, 6.07) is 3.60. The van der Waals surface area contributed by atoms with E-state index in [-0.39, 0.29) is 0 Å². The van der Waals surface area contributed by atoms with Gasteiger partial charge in [0, 0.05) is 11.3 Å². The first-order valence-corrected chi connectivity index (χ1v) is 5.09. The highest BCUT2D eigenvalue weighted by Crippen LogP contribution is 2.46. The van der Waals surface area contributed by atoms with Crippen LogP contribution in [0.25, 0.3) is 0 Å². The lowest BCUT2D eigenvalue weighted by Gasteiger charge is -2.10. The average Bonchev–Trinajstić information content (AvgIpc) is 3.01. The second kappa shape index (κ2) is 3.77. The zero-order valence-corrected chi connectivity index (χ0v) is 8.66. The number of anilines is 1. The van der Waals surface area contributed by atoms with Crippen LogP contribution in [0.2, 0.25) is 0 Å². The van der Waals surface area contributed by atoms with E-state index in [1.807, 2.05) is 13.0 Å². The first-order chi connectivity index (χ1) is 7.26. The van der Waals surface area contributed by atoms with E-state index in [0.717, 1.165) is 18.4 Å². The number of hydrogen-bond donors (Lipinski definition) is 1. The number of nitrogen functional groups attached to an aromatic ring is 1. The van der Waals surface area contributed by atoms with Gasteiger partial charge in [0.1, 0.15) is 11.8 Å². The molecule has 1 aromatic rings. The van der Waals surface area contributed by atoms with E-state index in [1.54, 1.807) is 6.07 Å². The molecule has 0 bridgehead atoms. The average molecular weight is 203 g/mol. The summed E-state index contributed by atoms with van der Waals surface area (Å²) in [6.45, 7) is 2.44. The van der Waals surface area contributed by atoms with Crippen molar-refractivity contribution < 1.29 is 4.74 Å². The highest BCUT2D eigenvalue weighted by Gasteiger charge is 2.30. The van der Waals surface area contributed by atoms with Gasteiger partial charge in [-0.05, 0) is 31.7 Å². The summed E-state index contributed by atoms with van der Waals surface area (Å²) < 4.78 is 5.42. The van der Waals surface area contributed by atoms with E-state index in [2.05, 4.69) is 4.98 Å². The van der Waals surface area contributed by atoms with Crippen LogP contribution in [0.15, 0.2) is 6.07 Å². The second-order valence-electron chi connectivity index (χ2n) is 3.63. The van der Waals surface area contributed by atoms with E-state index < -0.39 is 0 Å². The van der Waals surface area contributed by atoms with Gasteiger partial charge in [-0.1, -0.05) is 0 Å². The number of nitrogens with two attached hydrogens (primary N) is 1. The molecular weight excluding hydrogens is 190 g/mol. The van der Waals surface area contributed by atoms with Gasteiger partial charge in [0.25, 0.3) is 0 Å². The molecule has 1 aliphatic carbocycles. The number of pyridine rings is 1. The molecule has 0 aromatic carbocycles. The molecule has 4 nitrogen and oxygen atoms in total. The molecule has 1 heterocycles. The molecule has 0 amide bonds. The largest absolute Gasteiger partial charge is 0.478 e. The number of hydrogen-bond acceptors (Lipinski definition) is 4. The van der Waals surface area contributed by atoms with Gasteiger partial charge in [0.15, 0.2) is 0 Å². The van der Waals surface area contributed by atoms with Crippen molar-refractivity contribution in [2.24, 2.45) is 0 Å². The molecule has 2 rings (SSSR count). The van der Waals surface area contributed by atoms with Gasteiger partial charge < -0.3 is 10.5 Å². The number of aromatic nitrogens is 1.